The Labute approximate surface area is 104 Å². The first-order chi connectivity index (χ1) is 8.22. The smallest absolute Gasteiger partial charge is 0.224 e. The van der Waals surface area contributed by atoms with Gasteiger partial charge >= 0.3 is 0 Å². The fourth-order valence-electron chi connectivity index (χ4n) is 2.02. The molecular weight excluding hydrogens is 214 g/mol. The fraction of sp³-hybridized carbons (Fsp3) is 0.714. The highest BCUT2D eigenvalue weighted by atomic mass is 16.1. The van der Waals surface area contributed by atoms with Gasteiger partial charge in [-0.1, -0.05) is 32.6 Å². The topological polar surface area (TPSA) is 46.2 Å². The highest BCUT2D eigenvalue weighted by Crippen LogP contribution is 2.13. The van der Waals surface area contributed by atoms with Gasteiger partial charge in [-0.15, -0.1) is 0 Å². The third kappa shape index (κ3) is 6.25. The van der Waals surface area contributed by atoms with Crippen LogP contribution < -0.4 is 5.32 Å². The molecule has 0 aromatic heterocycles. The van der Waals surface area contributed by atoms with Crippen molar-refractivity contribution < 1.29 is 9.59 Å². The minimum absolute atomic E-state index is 0.0578. The van der Waals surface area contributed by atoms with Crippen molar-refractivity contribution in [2.45, 2.75) is 64.7 Å². The maximum Gasteiger partial charge on any atom is 0.224 e. The summed E-state index contributed by atoms with van der Waals surface area (Å²) in [7, 11) is 0. The molecule has 1 aliphatic carbocycles. The standard InChI is InChI=1S/C14H23NO2/c1-2-3-4-5-6-10-14(17)15-12-8-7-9-13(16)11-12/h11H,2-10H2,1H3,(H,15,17). The van der Waals surface area contributed by atoms with Crippen LogP contribution in [-0.2, 0) is 9.59 Å². The predicted molar refractivity (Wildman–Crippen MR) is 68.5 cm³/mol. The highest BCUT2D eigenvalue weighted by molar-refractivity contribution is 5.92. The van der Waals surface area contributed by atoms with Crippen LogP contribution in [0.25, 0.3) is 0 Å². The number of hydrogen-bond acceptors (Lipinski definition) is 2. The van der Waals surface area contributed by atoms with Crippen LogP contribution >= 0.6 is 0 Å². The molecule has 0 aromatic carbocycles. The Hall–Kier alpha value is -1.12. The average molecular weight is 237 g/mol. The number of ketones is 1. The van der Waals surface area contributed by atoms with Gasteiger partial charge in [0.05, 0.1) is 0 Å². The van der Waals surface area contributed by atoms with Crippen LogP contribution in [0.15, 0.2) is 11.8 Å². The van der Waals surface area contributed by atoms with Gasteiger partial charge in [0.25, 0.3) is 0 Å². The molecule has 0 aromatic rings. The summed E-state index contributed by atoms with van der Waals surface area (Å²) in [6, 6.07) is 0. The first-order valence-electron chi connectivity index (χ1n) is 6.75. The van der Waals surface area contributed by atoms with Gasteiger partial charge in [-0.05, 0) is 19.3 Å². The Morgan fingerprint density at radius 3 is 2.71 bits per heavy atom. The Morgan fingerprint density at radius 1 is 1.24 bits per heavy atom. The molecule has 0 aliphatic heterocycles. The molecule has 0 saturated carbocycles. The van der Waals surface area contributed by atoms with Gasteiger partial charge in [0.1, 0.15) is 0 Å². The number of carbonyl (C=O) groups excluding carboxylic acids is 2. The molecule has 0 saturated heterocycles. The third-order valence-corrected chi connectivity index (χ3v) is 3.01. The van der Waals surface area contributed by atoms with E-state index in [9.17, 15) is 9.59 Å². The summed E-state index contributed by atoms with van der Waals surface area (Å²) in [5.74, 6) is 0.192. The van der Waals surface area contributed by atoms with Gasteiger partial charge in [0.2, 0.25) is 5.91 Å². The van der Waals surface area contributed by atoms with Crippen molar-refractivity contribution in [3.05, 3.63) is 11.8 Å². The Balaban J connectivity index is 2.14. The molecule has 0 fully saturated rings. The van der Waals surface area contributed by atoms with E-state index in [4.69, 9.17) is 0 Å². The minimum Gasteiger partial charge on any atom is -0.330 e. The zero-order chi connectivity index (χ0) is 12.5. The second kappa shape index (κ2) is 8.04. The van der Waals surface area contributed by atoms with E-state index in [-0.39, 0.29) is 11.7 Å². The van der Waals surface area contributed by atoms with Crippen LogP contribution in [0.4, 0.5) is 0 Å². The van der Waals surface area contributed by atoms with E-state index in [1.165, 1.54) is 19.3 Å². The summed E-state index contributed by atoms with van der Waals surface area (Å²) in [4.78, 5) is 22.7. The number of unbranched alkanes of at least 4 members (excludes halogenated alkanes) is 4. The molecule has 0 atom stereocenters. The molecular formula is C14H23NO2. The van der Waals surface area contributed by atoms with Gasteiger partial charge < -0.3 is 5.32 Å². The summed E-state index contributed by atoms with van der Waals surface area (Å²) >= 11 is 0. The fourth-order valence-corrected chi connectivity index (χ4v) is 2.02. The molecule has 1 amide bonds. The molecule has 0 spiro atoms. The second-order valence-electron chi connectivity index (χ2n) is 4.70. The van der Waals surface area contributed by atoms with Crippen LogP contribution in [0, 0.1) is 0 Å². The lowest BCUT2D eigenvalue weighted by Crippen LogP contribution is -2.24. The van der Waals surface area contributed by atoms with Crippen molar-refractivity contribution in [3.8, 4) is 0 Å². The van der Waals surface area contributed by atoms with Crippen LogP contribution in [0.2, 0.25) is 0 Å². The van der Waals surface area contributed by atoms with Crippen molar-refractivity contribution in [1.29, 1.82) is 0 Å². The maximum atomic E-state index is 11.6. The Bertz CT molecular complexity index is 295. The van der Waals surface area contributed by atoms with E-state index in [1.54, 1.807) is 6.08 Å². The second-order valence-corrected chi connectivity index (χ2v) is 4.70. The molecule has 1 N–H and O–H groups in total. The highest BCUT2D eigenvalue weighted by Gasteiger charge is 2.11. The van der Waals surface area contributed by atoms with E-state index >= 15 is 0 Å². The molecule has 0 bridgehead atoms. The van der Waals surface area contributed by atoms with E-state index < -0.39 is 0 Å². The van der Waals surface area contributed by atoms with Crippen molar-refractivity contribution >= 4 is 11.7 Å². The predicted octanol–water partition coefficient (Wildman–Crippen LogP) is 3.10. The lowest BCUT2D eigenvalue weighted by molar-refractivity contribution is -0.120. The lowest BCUT2D eigenvalue weighted by atomic mass is 10.0. The summed E-state index contributed by atoms with van der Waals surface area (Å²) in [6.45, 7) is 2.18. The molecule has 0 radical (unpaired) electrons. The zero-order valence-electron chi connectivity index (χ0n) is 10.8. The zero-order valence-corrected chi connectivity index (χ0v) is 10.8. The number of allylic oxidation sites excluding steroid dienone is 2. The molecule has 3 nitrogen and oxygen atoms in total. The summed E-state index contributed by atoms with van der Waals surface area (Å²) in [5, 5.41) is 2.84. The SMILES string of the molecule is CCCCCCCC(=O)NC1=CC(=O)CCC1. The summed E-state index contributed by atoms with van der Waals surface area (Å²) in [6.07, 6.45) is 10.2. The largest absolute Gasteiger partial charge is 0.330 e. The van der Waals surface area contributed by atoms with Gasteiger partial charge in [-0.3, -0.25) is 9.59 Å². The van der Waals surface area contributed by atoms with Crippen molar-refractivity contribution in [2.75, 3.05) is 0 Å². The molecule has 0 heterocycles. The molecule has 17 heavy (non-hydrogen) atoms. The molecule has 96 valence electrons. The number of hydrogen-bond donors (Lipinski definition) is 1. The first kappa shape index (κ1) is 13.9. The van der Waals surface area contributed by atoms with Gasteiger partial charge in [0.15, 0.2) is 5.78 Å². The maximum absolute atomic E-state index is 11.6. The van der Waals surface area contributed by atoms with Crippen molar-refractivity contribution in [1.82, 2.24) is 5.32 Å². The van der Waals surface area contributed by atoms with Crippen molar-refractivity contribution in [3.63, 3.8) is 0 Å². The third-order valence-electron chi connectivity index (χ3n) is 3.01. The number of amides is 1. The lowest BCUT2D eigenvalue weighted by Gasteiger charge is -2.13. The first-order valence-corrected chi connectivity index (χ1v) is 6.75. The molecule has 3 heteroatoms. The van der Waals surface area contributed by atoms with Crippen LogP contribution in [0.5, 0.6) is 0 Å². The minimum atomic E-state index is 0.0578. The van der Waals surface area contributed by atoms with Gasteiger partial charge in [-0.2, -0.15) is 0 Å². The normalized spacial score (nSPS) is 15.6. The summed E-state index contributed by atoms with van der Waals surface area (Å²) in [5.41, 5.74) is 0.805. The van der Waals surface area contributed by atoms with Crippen LogP contribution in [0.1, 0.15) is 64.7 Å². The molecule has 0 unspecified atom stereocenters. The van der Waals surface area contributed by atoms with Crippen LogP contribution in [-0.4, -0.2) is 11.7 Å². The number of carbonyl (C=O) groups is 2. The van der Waals surface area contributed by atoms with E-state index in [0.29, 0.717) is 12.8 Å². The summed E-state index contributed by atoms with van der Waals surface area (Å²) < 4.78 is 0. The molecule has 1 aliphatic rings. The Morgan fingerprint density at radius 2 is 2.00 bits per heavy atom. The van der Waals surface area contributed by atoms with Crippen molar-refractivity contribution in [2.24, 2.45) is 0 Å². The monoisotopic (exact) mass is 237 g/mol. The van der Waals surface area contributed by atoms with E-state index in [1.807, 2.05) is 0 Å². The van der Waals surface area contributed by atoms with Crippen LogP contribution in [0.3, 0.4) is 0 Å². The average Bonchev–Trinajstić information content (AvgIpc) is 2.29. The van der Waals surface area contributed by atoms with E-state index in [2.05, 4.69) is 12.2 Å². The number of nitrogens with one attached hydrogen (secondary N) is 1. The quantitative estimate of drug-likeness (QED) is 0.691. The van der Waals surface area contributed by atoms with Gasteiger partial charge in [0, 0.05) is 24.6 Å². The van der Waals surface area contributed by atoms with E-state index in [0.717, 1.165) is 31.4 Å². The Kier molecular flexibility index (Phi) is 6.60. The molecule has 1 rings (SSSR count). The van der Waals surface area contributed by atoms with Gasteiger partial charge in [-0.25, -0.2) is 0 Å². The number of rotatable bonds is 7.